The molecular formula is C18H15N5O3. The molecule has 1 amide bonds. The number of carbonyl (C=O) groups is 2. The molecule has 1 aromatic heterocycles. The van der Waals surface area contributed by atoms with Crippen molar-refractivity contribution in [3.05, 3.63) is 71.9 Å². The van der Waals surface area contributed by atoms with Crippen molar-refractivity contribution in [2.24, 2.45) is 5.73 Å². The average molecular weight is 349 g/mol. The number of amides is 1. The summed E-state index contributed by atoms with van der Waals surface area (Å²) in [5, 5.41) is 14.9. The highest BCUT2D eigenvalue weighted by atomic mass is 16.4. The second kappa shape index (κ2) is 7.31. The number of benzene rings is 2. The lowest BCUT2D eigenvalue weighted by Crippen LogP contribution is -2.15. The summed E-state index contributed by atoms with van der Waals surface area (Å²) >= 11 is 0. The van der Waals surface area contributed by atoms with Crippen LogP contribution in [0.1, 0.15) is 20.7 Å². The molecule has 130 valence electrons. The first-order valence-electron chi connectivity index (χ1n) is 7.62. The first-order valence-corrected chi connectivity index (χ1v) is 7.62. The van der Waals surface area contributed by atoms with E-state index in [4.69, 9.17) is 10.8 Å². The van der Waals surface area contributed by atoms with Gasteiger partial charge in [0.25, 0.3) is 5.91 Å². The Balaban J connectivity index is 1.87. The molecule has 26 heavy (non-hydrogen) atoms. The van der Waals surface area contributed by atoms with Crippen molar-refractivity contribution in [1.82, 2.24) is 9.97 Å². The van der Waals surface area contributed by atoms with E-state index >= 15 is 0 Å². The van der Waals surface area contributed by atoms with Gasteiger partial charge in [-0.3, -0.25) is 4.79 Å². The van der Waals surface area contributed by atoms with Gasteiger partial charge >= 0.3 is 5.97 Å². The normalized spacial score (nSPS) is 10.2. The van der Waals surface area contributed by atoms with Crippen molar-refractivity contribution in [1.29, 1.82) is 0 Å². The number of carboxylic acids is 1. The Bertz CT molecular complexity index is 943. The molecule has 3 aromatic rings. The van der Waals surface area contributed by atoms with Crippen LogP contribution in [-0.4, -0.2) is 27.0 Å². The number of hydrogen-bond donors (Lipinski definition) is 4. The summed E-state index contributed by atoms with van der Waals surface area (Å²) in [6, 6.07) is 15.3. The molecule has 0 atom stereocenters. The van der Waals surface area contributed by atoms with Crippen LogP contribution in [0.15, 0.2) is 60.8 Å². The monoisotopic (exact) mass is 349 g/mol. The van der Waals surface area contributed by atoms with Crippen LogP contribution in [0.2, 0.25) is 0 Å². The maximum atomic E-state index is 11.6. The van der Waals surface area contributed by atoms with Crippen molar-refractivity contribution in [3.8, 4) is 0 Å². The smallest absolute Gasteiger partial charge is 0.335 e. The number of nitrogens with one attached hydrogen (secondary N) is 2. The minimum absolute atomic E-state index is 0.153. The first kappa shape index (κ1) is 16.9. The minimum Gasteiger partial charge on any atom is -0.478 e. The second-order valence-corrected chi connectivity index (χ2v) is 5.32. The number of aromatic carboxylic acids is 1. The fraction of sp³-hybridized carbons (Fsp3) is 0. The Morgan fingerprint density at radius 2 is 1.58 bits per heavy atom. The van der Waals surface area contributed by atoms with Crippen molar-refractivity contribution in [2.75, 3.05) is 10.6 Å². The van der Waals surface area contributed by atoms with E-state index in [1.54, 1.807) is 12.1 Å². The van der Waals surface area contributed by atoms with Crippen molar-refractivity contribution in [3.63, 3.8) is 0 Å². The van der Waals surface area contributed by atoms with E-state index in [1.807, 2.05) is 30.3 Å². The van der Waals surface area contributed by atoms with Crippen molar-refractivity contribution < 1.29 is 14.7 Å². The maximum absolute atomic E-state index is 11.6. The summed E-state index contributed by atoms with van der Waals surface area (Å²) in [6.07, 6.45) is 1.33. The number of rotatable bonds is 6. The van der Waals surface area contributed by atoms with Gasteiger partial charge in [0.15, 0.2) is 0 Å². The zero-order valence-electron chi connectivity index (χ0n) is 13.5. The van der Waals surface area contributed by atoms with E-state index in [2.05, 4.69) is 20.6 Å². The minimum atomic E-state index is -1.01. The number of carbonyl (C=O) groups excluding carboxylic acids is 1. The maximum Gasteiger partial charge on any atom is 0.335 e. The third-order valence-electron chi connectivity index (χ3n) is 3.48. The van der Waals surface area contributed by atoms with Crippen LogP contribution >= 0.6 is 0 Å². The van der Waals surface area contributed by atoms with Gasteiger partial charge in [-0.2, -0.15) is 4.98 Å². The summed E-state index contributed by atoms with van der Waals surface area (Å²) in [7, 11) is 0. The lowest BCUT2D eigenvalue weighted by Gasteiger charge is -2.11. The van der Waals surface area contributed by atoms with Gasteiger partial charge in [-0.05, 0) is 36.4 Å². The van der Waals surface area contributed by atoms with E-state index in [1.165, 1.54) is 18.3 Å². The van der Waals surface area contributed by atoms with Gasteiger partial charge in [0.1, 0.15) is 11.4 Å². The van der Waals surface area contributed by atoms with Gasteiger partial charge in [-0.1, -0.05) is 18.2 Å². The van der Waals surface area contributed by atoms with Gasteiger partial charge in [0.05, 0.1) is 5.56 Å². The highest BCUT2D eigenvalue weighted by Gasteiger charge is 2.13. The fourth-order valence-electron chi connectivity index (χ4n) is 2.20. The van der Waals surface area contributed by atoms with E-state index in [9.17, 15) is 9.59 Å². The lowest BCUT2D eigenvalue weighted by atomic mass is 10.2. The molecule has 0 aliphatic carbocycles. The van der Waals surface area contributed by atoms with Crippen LogP contribution in [-0.2, 0) is 0 Å². The van der Waals surface area contributed by atoms with Gasteiger partial charge < -0.3 is 21.5 Å². The van der Waals surface area contributed by atoms with Crippen LogP contribution in [0.5, 0.6) is 0 Å². The summed E-state index contributed by atoms with van der Waals surface area (Å²) < 4.78 is 0. The van der Waals surface area contributed by atoms with Crippen LogP contribution in [0.4, 0.5) is 23.1 Å². The zero-order chi connectivity index (χ0) is 18.5. The van der Waals surface area contributed by atoms with E-state index in [-0.39, 0.29) is 22.9 Å². The molecule has 0 radical (unpaired) electrons. The number of nitrogens with zero attached hydrogens (tertiary/aromatic N) is 2. The standard InChI is InChI=1S/C18H15N5O3/c19-15(24)14-10-20-18(22-13-8-6-11(7-9-13)17(25)26)23-16(14)21-12-4-2-1-3-5-12/h1-10H,(H2,19,24)(H,25,26)(H2,20,21,22,23). The molecule has 0 aliphatic heterocycles. The van der Waals surface area contributed by atoms with Gasteiger partial charge in [-0.25, -0.2) is 9.78 Å². The number of primary amides is 1. The van der Waals surface area contributed by atoms with E-state index in [0.717, 1.165) is 5.69 Å². The average Bonchev–Trinajstić information content (AvgIpc) is 2.63. The molecular weight excluding hydrogens is 334 g/mol. The van der Waals surface area contributed by atoms with Crippen molar-refractivity contribution in [2.45, 2.75) is 0 Å². The number of hydrogen-bond acceptors (Lipinski definition) is 6. The number of anilines is 4. The number of para-hydroxylation sites is 1. The largest absolute Gasteiger partial charge is 0.478 e. The summed E-state index contributed by atoms with van der Waals surface area (Å²) in [6.45, 7) is 0. The number of nitrogens with two attached hydrogens (primary N) is 1. The molecule has 3 rings (SSSR count). The molecule has 8 heteroatoms. The topological polar surface area (TPSA) is 130 Å². The SMILES string of the molecule is NC(=O)c1cnc(Nc2ccc(C(=O)O)cc2)nc1Nc1ccccc1. The van der Waals surface area contributed by atoms with Crippen LogP contribution in [0.3, 0.4) is 0 Å². The molecule has 1 heterocycles. The summed E-state index contributed by atoms with van der Waals surface area (Å²) in [4.78, 5) is 30.9. The van der Waals surface area contributed by atoms with E-state index in [0.29, 0.717) is 5.69 Å². The van der Waals surface area contributed by atoms with Crippen LogP contribution in [0, 0.1) is 0 Å². The molecule has 0 saturated heterocycles. The Morgan fingerprint density at radius 1 is 0.923 bits per heavy atom. The summed E-state index contributed by atoms with van der Waals surface area (Å²) in [5.41, 5.74) is 7.05. The molecule has 0 saturated carbocycles. The van der Waals surface area contributed by atoms with Gasteiger partial charge in [-0.15, -0.1) is 0 Å². The third-order valence-corrected chi connectivity index (χ3v) is 3.48. The zero-order valence-corrected chi connectivity index (χ0v) is 13.5. The Labute approximate surface area is 148 Å². The molecule has 0 bridgehead atoms. The molecule has 5 N–H and O–H groups in total. The molecule has 0 fully saturated rings. The molecule has 8 nitrogen and oxygen atoms in total. The number of carboxylic acid groups (broad SMARTS) is 1. The van der Waals surface area contributed by atoms with Gasteiger partial charge in [0, 0.05) is 17.6 Å². The van der Waals surface area contributed by atoms with E-state index < -0.39 is 11.9 Å². The van der Waals surface area contributed by atoms with Crippen LogP contribution in [0.25, 0.3) is 0 Å². The quantitative estimate of drug-likeness (QED) is 0.538. The predicted octanol–water partition coefficient (Wildman–Crippen LogP) is 2.76. The molecule has 0 aliphatic rings. The molecule has 2 aromatic carbocycles. The highest BCUT2D eigenvalue weighted by Crippen LogP contribution is 2.21. The second-order valence-electron chi connectivity index (χ2n) is 5.32. The Morgan fingerprint density at radius 3 is 2.19 bits per heavy atom. The first-order chi connectivity index (χ1) is 12.5. The number of aromatic nitrogens is 2. The van der Waals surface area contributed by atoms with Gasteiger partial charge in [0.2, 0.25) is 5.95 Å². The highest BCUT2D eigenvalue weighted by molar-refractivity contribution is 5.98. The third kappa shape index (κ3) is 3.93. The molecule has 0 unspecified atom stereocenters. The molecule has 0 spiro atoms. The fourth-order valence-corrected chi connectivity index (χ4v) is 2.20. The van der Waals surface area contributed by atoms with Crippen LogP contribution < -0.4 is 16.4 Å². The van der Waals surface area contributed by atoms with Crippen molar-refractivity contribution >= 4 is 35.0 Å². The summed E-state index contributed by atoms with van der Waals surface area (Å²) in [5.74, 6) is -1.16. The Hall–Kier alpha value is -3.94. The predicted molar refractivity (Wildman–Crippen MR) is 97.0 cm³/mol. The lowest BCUT2D eigenvalue weighted by molar-refractivity contribution is 0.0696. The Kier molecular flexibility index (Phi) is 4.75.